The molecule has 0 spiro atoms. The van der Waals surface area contributed by atoms with Crippen molar-refractivity contribution in [3.63, 3.8) is 0 Å². The number of piperidine rings is 1. The maximum atomic E-state index is 12.7. The van der Waals surface area contributed by atoms with Gasteiger partial charge in [0.25, 0.3) is 5.91 Å². The lowest BCUT2D eigenvalue weighted by Gasteiger charge is -2.36. The molecule has 3 rings (SSSR count). The fraction of sp³-hybridized carbons (Fsp3) is 0.688. The molecule has 0 N–H and O–H groups in total. The molecule has 1 aromatic rings. The Morgan fingerprint density at radius 1 is 1.27 bits per heavy atom. The van der Waals surface area contributed by atoms with Crippen molar-refractivity contribution in [3.05, 3.63) is 18.0 Å². The fourth-order valence-electron chi connectivity index (χ4n) is 3.49. The minimum atomic E-state index is 0.0531. The number of amides is 2. The van der Waals surface area contributed by atoms with Crippen LogP contribution in [0.2, 0.25) is 0 Å². The molecule has 2 amide bonds. The van der Waals surface area contributed by atoms with Gasteiger partial charge in [-0.1, -0.05) is 0 Å². The molecule has 0 aliphatic carbocycles. The molecule has 22 heavy (non-hydrogen) atoms. The van der Waals surface area contributed by atoms with E-state index in [1.54, 1.807) is 16.9 Å². The number of aromatic nitrogens is 2. The average Bonchev–Trinajstić information content (AvgIpc) is 3.15. The Labute approximate surface area is 131 Å². The summed E-state index contributed by atoms with van der Waals surface area (Å²) in [5, 5.41) is 4.24. The van der Waals surface area contributed by atoms with E-state index in [2.05, 4.69) is 5.10 Å². The zero-order valence-electron chi connectivity index (χ0n) is 13.4. The van der Waals surface area contributed by atoms with Crippen molar-refractivity contribution in [1.82, 2.24) is 19.6 Å². The first-order valence-electron chi connectivity index (χ1n) is 8.20. The van der Waals surface area contributed by atoms with E-state index in [0.717, 1.165) is 38.9 Å². The molecule has 2 fully saturated rings. The predicted octanol–water partition coefficient (Wildman–Crippen LogP) is 1.69. The summed E-state index contributed by atoms with van der Waals surface area (Å²) >= 11 is 0. The summed E-state index contributed by atoms with van der Waals surface area (Å²) in [5.74, 6) is 0.333. The molecule has 6 nitrogen and oxygen atoms in total. The van der Waals surface area contributed by atoms with Crippen molar-refractivity contribution in [3.8, 4) is 0 Å². The van der Waals surface area contributed by atoms with Crippen molar-refractivity contribution < 1.29 is 9.59 Å². The van der Waals surface area contributed by atoms with Gasteiger partial charge < -0.3 is 9.80 Å². The molecule has 1 aromatic heterocycles. The standard InChI is InChI=1S/C16H24N4O2/c1-12(2)20-14(5-8-17-20)16(22)18-10-6-13(7-11-18)19-9-3-4-15(19)21/h5,8,12-13H,3-4,6-7,9-11H2,1-2H3. The second kappa shape index (κ2) is 6.10. The quantitative estimate of drug-likeness (QED) is 0.854. The highest BCUT2D eigenvalue weighted by molar-refractivity contribution is 5.92. The molecule has 2 saturated heterocycles. The lowest BCUT2D eigenvalue weighted by atomic mass is 10.0. The van der Waals surface area contributed by atoms with Gasteiger partial charge in [-0.05, 0) is 39.2 Å². The Kier molecular flexibility index (Phi) is 4.18. The molecule has 3 heterocycles. The van der Waals surface area contributed by atoms with E-state index in [1.165, 1.54) is 0 Å². The second-order valence-corrected chi connectivity index (χ2v) is 6.47. The first-order chi connectivity index (χ1) is 10.6. The minimum Gasteiger partial charge on any atom is -0.340 e. The number of hydrogen-bond acceptors (Lipinski definition) is 3. The number of nitrogens with zero attached hydrogens (tertiary/aromatic N) is 4. The third-order valence-corrected chi connectivity index (χ3v) is 4.68. The van der Waals surface area contributed by atoms with Crippen LogP contribution in [0.25, 0.3) is 0 Å². The van der Waals surface area contributed by atoms with Crippen LogP contribution >= 0.6 is 0 Å². The van der Waals surface area contributed by atoms with E-state index in [9.17, 15) is 9.59 Å². The normalized spacial score (nSPS) is 20.2. The van der Waals surface area contributed by atoms with Crippen LogP contribution in [0.15, 0.2) is 12.3 Å². The van der Waals surface area contributed by atoms with Crippen LogP contribution in [0.3, 0.4) is 0 Å². The topological polar surface area (TPSA) is 58.4 Å². The molecule has 0 bridgehead atoms. The van der Waals surface area contributed by atoms with Gasteiger partial charge in [0.1, 0.15) is 5.69 Å². The molecule has 0 unspecified atom stereocenters. The van der Waals surface area contributed by atoms with Crippen LogP contribution < -0.4 is 0 Å². The average molecular weight is 304 g/mol. The lowest BCUT2D eigenvalue weighted by molar-refractivity contribution is -0.130. The highest BCUT2D eigenvalue weighted by Crippen LogP contribution is 2.23. The molecular formula is C16H24N4O2. The van der Waals surface area contributed by atoms with Crippen molar-refractivity contribution in [2.75, 3.05) is 19.6 Å². The molecule has 0 radical (unpaired) electrons. The Morgan fingerprint density at radius 3 is 2.59 bits per heavy atom. The van der Waals surface area contributed by atoms with Crippen molar-refractivity contribution in [2.45, 2.75) is 51.6 Å². The Bertz CT molecular complexity index is 558. The van der Waals surface area contributed by atoms with E-state index >= 15 is 0 Å². The maximum absolute atomic E-state index is 12.7. The predicted molar refractivity (Wildman–Crippen MR) is 82.5 cm³/mol. The first-order valence-corrected chi connectivity index (χ1v) is 8.20. The van der Waals surface area contributed by atoms with E-state index < -0.39 is 0 Å². The minimum absolute atomic E-state index is 0.0531. The van der Waals surface area contributed by atoms with E-state index in [-0.39, 0.29) is 17.9 Å². The molecule has 2 aliphatic heterocycles. The largest absolute Gasteiger partial charge is 0.340 e. The van der Waals surface area contributed by atoms with E-state index in [0.29, 0.717) is 18.2 Å². The number of hydrogen-bond donors (Lipinski definition) is 0. The third-order valence-electron chi connectivity index (χ3n) is 4.68. The van der Waals surface area contributed by atoms with Gasteiger partial charge >= 0.3 is 0 Å². The van der Waals surface area contributed by atoms with Crippen LogP contribution in [0.1, 0.15) is 56.1 Å². The fourth-order valence-corrected chi connectivity index (χ4v) is 3.49. The lowest BCUT2D eigenvalue weighted by Crippen LogP contribution is -2.47. The summed E-state index contributed by atoms with van der Waals surface area (Å²) < 4.78 is 1.78. The molecular weight excluding hydrogens is 280 g/mol. The number of carbonyl (C=O) groups excluding carboxylic acids is 2. The van der Waals surface area contributed by atoms with E-state index in [4.69, 9.17) is 0 Å². The second-order valence-electron chi connectivity index (χ2n) is 6.47. The summed E-state index contributed by atoms with van der Waals surface area (Å²) in [4.78, 5) is 28.4. The molecule has 0 atom stereocenters. The van der Waals surface area contributed by atoms with Gasteiger partial charge in [0.05, 0.1) is 0 Å². The van der Waals surface area contributed by atoms with Gasteiger partial charge in [-0.2, -0.15) is 5.10 Å². The van der Waals surface area contributed by atoms with Gasteiger partial charge in [-0.25, -0.2) is 0 Å². The summed E-state index contributed by atoms with van der Waals surface area (Å²) in [5.41, 5.74) is 0.658. The van der Waals surface area contributed by atoms with Gasteiger partial charge in [0.15, 0.2) is 0 Å². The summed E-state index contributed by atoms with van der Waals surface area (Å²) in [6.45, 7) is 6.37. The van der Waals surface area contributed by atoms with Crippen LogP contribution in [0, 0.1) is 0 Å². The van der Waals surface area contributed by atoms with Gasteiger partial charge in [0, 0.05) is 44.3 Å². The molecule has 120 valence electrons. The van der Waals surface area contributed by atoms with Crippen LogP contribution in [-0.2, 0) is 4.79 Å². The monoisotopic (exact) mass is 304 g/mol. The smallest absolute Gasteiger partial charge is 0.272 e. The Balaban J connectivity index is 1.62. The van der Waals surface area contributed by atoms with Crippen molar-refractivity contribution in [1.29, 1.82) is 0 Å². The Hall–Kier alpha value is -1.85. The van der Waals surface area contributed by atoms with Gasteiger partial charge in [-0.15, -0.1) is 0 Å². The van der Waals surface area contributed by atoms with Crippen molar-refractivity contribution in [2.24, 2.45) is 0 Å². The maximum Gasteiger partial charge on any atom is 0.272 e. The highest BCUT2D eigenvalue weighted by Gasteiger charge is 2.32. The SMILES string of the molecule is CC(C)n1nccc1C(=O)N1CCC(N2CCCC2=O)CC1. The number of carbonyl (C=O) groups is 2. The zero-order valence-corrected chi connectivity index (χ0v) is 13.4. The molecule has 0 aromatic carbocycles. The van der Waals surface area contributed by atoms with Crippen LogP contribution in [0.5, 0.6) is 0 Å². The van der Waals surface area contributed by atoms with Crippen LogP contribution in [-0.4, -0.2) is 57.1 Å². The summed E-state index contributed by atoms with van der Waals surface area (Å²) in [7, 11) is 0. The Morgan fingerprint density at radius 2 is 2.00 bits per heavy atom. The summed E-state index contributed by atoms with van der Waals surface area (Å²) in [6.07, 6.45) is 5.11. The number of likely N-dealkylation sites (tertiary alicyclic amines) is 2. The first kappa shape index (κ1) is 15.1. The molecule has 6 heteroatoms. The zero-order chi connectivity index (χ0) is 15.7. The molecule has 2 aliphatic rings. The van der Waals surface area contributed by atoms with Gasteiger partial charge in [0.2, 0.25) is 5.91 Å². The highest BCUT2D eigenvalue weighted by atomic mass is 16.2. The summed E-state index contributed by atoms with van der Waals surface area (Å²) in [6, 6.07) is 2.28. The van der Waals surface area contributed by atoms with E-state index in [1.807, 2.05) is 23.6 Å². The number of rotatable bonds is 3. The van der Waals surface area contributed by atoms with Gasteiger partial charge in [-0.3, -0.25) is 14.3 Å². The molecule has 0 saturated carbocycles. The van der Waals surface area contributed by atoms with Crippen LogP contribution in [0.4, 0.5) is 0 Å². The third kappa shape index (κ3) is 2.74. The van der Waals surface area contributed by atoms with Crippen molar-refractivity contribution >= 4 is 11.8 Å².